The monoisotopic (exact) mass is 494 g/mol. The number of hydrogen-bond donors (Lipinski definition) is 2. The van der Waals surface area contributed by atoms with Gasteiger partial charge in [-0.2, -0.15) is 0 Å². The molecule has 2 atom stereocenters. The van der Waals surface area contributed by atoms with E-state index in [0.717, 1.165) is 18.4 Å². The van der Waals surface area contributed by atoms with Gasteiger partial charge in [0.15, 0.2) is 11.5 Å². The molecule has 0 aromatic heterocycles. The Hall–Kier alpha value is -3.59. The third-order valence-electron chi connectivity index (χ3n) is 6.87. The Morgan fingerprint density at radius 3 is 2.47 bits per heavy atom. The largest absolute Gasteiger partial charge is 0.493 e. The fraction of sp³-hybridized carbons (Fsp3) is 0.444. The summed E-state index contributed by atoms with van der Waals surface area (Å²) in [4.78, 5) is 42.5. The minimum Gasteiger partial charge on any atom is -0.493 e. The summed E-state index contributed by atoms with van der Waals surface area (Å²) in [6.07, 6.45) is 2.89. The van der Waals surface area contributed by atoms with Crippen molar-refractivity contribution in [2.24, 2.45) is 0 Å². The van der Waals surface area contributed by atoms with Crippen LogP contribution in [0.1, 0.15) is 30.9 Å². The van der Waals surface area contributed by atoms with Gasteiger partial charge in [-0.05, 0) is 67.6 Å². The molecule has 9 nitrogen and oxygen atoms in total. The molecule has 4 amide bonds. The van der Waals surface area contributed by atoms with E-state index in [4.69, 9.17) is 9.47 Å². The summed E-state index contributed by atoms with van der Waals surface area (Å²) in [7, 11) is 3.14. The predicted octanol–water partition coefficient (Wildman–Crippen LogP) is 2.83. The Labute approximate surface area is 211 Å². The summed E-state index contributed by atoms with van der Waals surface area (Å²) in [6.45, 7) is 2.86. The van der Waals surface area contributed by atoms with Gasteiger partial charge in [0.05, 0.1) is 20.3 Å². The number of nitrogens with one attached hydrogen (secondary N) is 2. The molecule has 0 bridgehead atoms. The van der Waals surface area contributed by atoms with E-state index in [2.05, 4.69) is 17.6 Å². The number of fused-ring (bicyclic) bond motifs is 1. The molecule has 0 spiro atoms. The second-order valence-electron chi connectivity index (χ2n) is 9.08. The summed E-state index contributed by atoms with van der Waals surface area (Å²) >= 11 is 0. The van der Waals surface area contributed by atoms with Crippen molar-refractivity contribution in [2.45, 2.75) is 44.7 Å². The number of rotatable bonds is 9. The van der Waals surface area contributed by atoms with Gasteiger partial charge in [-0.1, -0.05) is 25.1 Å². The zero-order valence-electron chi connectivity index (χ0n) is 21.1. The quantitative estimate of drug-likeness (QED) is 0.556. The van der Waals surface area contributed by atoms with E-state index in [-0.39, 0.29) is 30.9 Å². The number of aryl methyl sites for hydroxylation is 1. The SMILES string of the molecule is CCc1ccc(NC(=O)CN2C(=O)N(CCc3ccc(OC)c(OC)c3)C(=O)C3NCCCC32)cc1. The van der Waals surface area contributed by atoms with E-state index in [9.17, 15) is 14.4 Å². The average molecular weight is 495 g/mol. The lowest BCUT2D eigenvalue weighted by molar-refractivity contribution is -0.138. The molecule has 9 heteroatoms. The molecule has 2 fully saturated rings. The second-order valence-corrected chi connectivity index (χ2v) is 9.08. The molecule has 2 N–H and O–H groups in total. The maximum Gasteiger partial charge on any atom is 0.327 e. The van der Waals surface area contributed by atoms with Gasteiger partial charge in [0.25, 0.3) is 0 Å². The van der Waals surface area contributed by atoms with Gasteiger partial charge in [0.1, 0.15) is 12.6 Å². The Morgan fingerprint density at radius 1 is 1.06 bits per heavy atom. The van der Waals surface area contributed by atoms with Gasteiger partial charge >= 0.3 is 6.03 Å². The van der Waals surface area contributed by atoms with Crippen LogP contribution in [-0.4, -0.2) is 73.6 Å². The second kappa shape index (κ2) is 11.4. The zero-order chi connectivity index (χ0) is 25.7. The summed E-state index contributed by atoms with van der Waals surface area (Å²) < 4.78 is 10.7. The molecule has 2 aliphatic rings. The molecule has 2 heterocycles. The molecule has 2 saturated heterocycles. The number of nitrogens with zero attached hydrogens (tertiary/aromatic N) is 2. The minimum atomic E-state index is -0.515. The molecule has 0 radical (unpaired) electrons. The first-order chi connectivity index (χ1) is 17.4. The fourth-order valence-corrected chi connectivity index (χ4v) is 4.86. The first kappa shape index (κ1) is 25.5. The smallest absolute Gasteiger partial charge is 0.327 e. The van der Waals surface area contributed by atoms with Crippen molar-refractivity contribution in [1.82, 2.24) is 15.1 Å². The summed E-state index contributed by atoms with van der Waals surface area (Å²) in [5.74, 6) is 0.677. The van der Waals surface area contributed by atoms with Gasteiger partial charge in [-0.25, -0.2) is 4.79 Å². The van der Waals surface area contributed by atoms with Crippen molar-refractivity contribution in [3.05, 3.63) is 53.6 Å². The third kappa shape index (κ3) is 5.46. The van der Waals surface area contributed by atoms with Crippen LogP contribution in [-0.2, 0) is 22.4 Å². The van der Waals surface area contributed by atoms with Crippen LogP contribution in [0.5, 0.6) is 11.5 Å². The van der Waals surface area contributed by atoms with E-state index < -0.39 is 12.1 Å². The Kier molecular flexibility index (Phi) is 8.10. The number of benzene rings is 2. The van der Waals surface area contributed by atoms with Crippen LogP contribution in [0.2, 0.25) is 0 Å². The van der Waals surface area contributed by atoms with E-state index in [1.807, 2.05) is 36.4 Å². The predicted molar refractivity (Wildman–Crippen MR) is 136 cm³/mol. The van der Waals surface area contributed by atoms with Crippen molar-refractivity contribution in [1.29, 1.82) is 0 Å². The number of amides is 4. The van der Waals surface area contributed by atoms with Crippen molar-refractivity contribution < 1.29 is 23.9 Å². The molecule has 2 unspecified atom stereocenters. The summed E-state index contributed by atoms with van der Waals surface area (Å²) in [5.41, 5.74) is 2.77. The molecule has 2 aliphatic heterocycles. The van der Waals surface area contributed by atoms with Gasteiger partial charge in [-0.15, -0.1) is 0 Å². The Balaban J connectivity index is 1.47. The van der Waals surface area contributed by atoms with Crippen LogP contribution in [0, 0.1) is 0 Å². The highest BCUT2D eigenvalue weighted by Crippen LogP contribution is 2.29. The first-order valence-electron chi connectivity index (χ1n) is 12.4. The molecule has 0 saturated carbocycles. The number of carbonyl (C=O) groups is 3. The summed E-state index contributed by atoms with van der Waals surface area (Å²) in [6, 6.07) is 11.9. The lowest BCUT2D eigenvalue weighted by atomic mass is 9.93. The molecular weight excluding hydrogens is 460 g/mol. The highest BCUT2D eigenvalue weighted by Gasteiger charge is 2.47. The van der Waals surface area contributed by atoms with Crippen molar-refractivity contribution in [3.8, 4) is 11.5 Å². The van der Waals surface area contributed by atoms with Crippen molar-refractivity contribution >= 4 is 23.5 Å². The number of urea groups is 1. The highest BCUT2D eigenvalue weighted by molar-refractivity contribution is 6.03. The van der Waals surface area contributed by atoms with Gasteiger partial charge in [0, 0.05) is 12.2 Å². The van der Waals surface area contributed by atoms with E-state index >= 15 is 0 Å². The van der Waals surface area contributed by atoms with Gasteiger partial charge in [0.2, 0.25) is 11.8 Å². The standard InChI is InChI=1S/C27H34N4O5/c1-4-18-7-10-20(11-8-18)29-24(32)17-31-21-6-5-14-28-25(21)26(33)30(27(31)34)15-13-19-9-12-22(35-2)23(16-19)36-3/h7-12,16,21,25,28H,4-6,13-15,17H2,1-3H3,(H,29,32). The first-order valence-corrected chi connectivity index (χ1v) is 12.4. The average Bonchev–Trinajstić information content (AvgIpc) is 2.91. The lowest BCUT2D eigenvalue weighted by Crippen LogP contribution is -2.70. The molecule has 4 rings (SSSR count). The molecule has 0 aliphatic carbocycles. The number of anilines is 1. The Bertz CT molecular complexity index is 1100. The number of hydrogen-bond acceptors (Lipinski definition) is 6. The number of ether oxygens (including phenoxy) is 2. The Morgan fingerprint density at radius 2 is 1.78 bits per heavy atom. The third-order valence-corrected chi connectivity index (χ3v) is 6.87. The molecule has 2 aromatic rings. The van der Waals surface area contributed by atoms with Crippen LogP contribution in [0.15, 0.2) is 42.5 Å². The fourth-order valence-electron chi connectivity index (χ4n) is 4.86. The maximum absolute atomic E-state index is 13.5. The van der Waals surface area contributed by atoms with Crippen molar-refractivity contribution in [2.75, 3.05) is 39.2 Å². The van der Waals surface area contributed by atoms with Gasteiger partial charge < -0.3 is 25.0 Å². The van der Waals surface area contributed by atoms with E-state index in [1.165, 1.54) is 10.5 Å². The van der Waals surface area contributed by atoms with Crippen LogP contribution in [0.3, 0.4) is 0 Å². The normalized spacial score (nSPS) is 19.6. The topological polar surface area (TPSA) is 100 Å². The molecule has 192 valence electrons. The summed E-state index contributed by atoms with van der Waals surface area (Å²) in [5, 5.41) is 6.15. The van der Waals surface area contributed by atoms with Crippen LogP contribution < -0.4 is 20.1 Å². The van der Waals surface area contributed by atoms with Crippen LogP contribution >= 0.6 is 0 Å². The van der Waals surface area contributed by atoms with Crippen LogP contribution in [0.25, 0.3) is 0 Å². The maximum atomic E-state index is 13.5. The highest BCUT2D eigenvalue weighted by atomic mass is 16.5. The number of carbonyl (C=O) groups excluding carboxylic acids is 3. The minimum absolute atomic E-state index is 0.114. The van der Waals surface area contributed by atoms with Crippen molar-refractivity contribution in [3.63, 3.8) is 0 Å². The number of methoxy groups -OCH3 is 2. The van der Waals surface area contributed by atoms with E-state index in [1.54, 1.807) is 25.2 Å². The number of imide groups is 1. The zero-order valence-corrected chi connectivity index (χ0v) is 21.1. The lowest BCUT2D eigenvalue weighted by Gasteiger charge is -2.46. The molecular formula is C27H34N4O5. The van der Waals surface area contributed by atoms with Crippen LogP contribution in [0.4, 0.5) is 10.5 Å². The van der Waals surface area contributed by atoms with E-state index in [0.29, 0.717) is 36.6 Å². The molecule has 2 aromatic carbocycles. The molecule has 36 heavy (non-hydrogen) atoms. The van der Waals surface area contributed by atoms with Gasteiger partial charge in [-0.3, -0.25) is 14.5 Å². The number of piperidine rings is 1.